The molecule has 3 heteroatoms. The number of hydrogen-bond donors (Lipinski definition) is 1. The minimum atomic E-state index is 0.362. The van der Waals surface area contributed by atoms with Crippen LogP contribution in [0.25, 0.3) is 0 Å². The largest absolute Gasteiger partial charge is 0.343 e. The highest BCUT2D eigenvalue weighted by Gasteiger charge is 2.31. The minimum Gasteiger partial charge on any atom is -0.343 e. The summed E-state index contributed by atoms with van der Waals surface area (Å²) in [5, 5.41) is 3.66. The lowest BCUT2D eigenvalue weighted by atomic mass is 9.69. The van der Waals surface area contributed by atoms with E-state index in [1.807, 2.05) is 4.90 Å². The maximum absolute atomic E-state index is 12.0. The molecule has 1 amide bonds. The van der Waals surface area contributed by atoms with Crippen molar-refractivity contribution in [3.63, 3.8) is 0 Å². The fraction of sp³-hybridized carbons (Fsp3) is 0.941. The molecule has 2 saturated carbocycles. The molecule has 3 fully saturated rings. The van der Waals surface area contributed by atoms with E-state index in [9.17, 15) is 4.79 Å². The minimum absolute atomic E-state index is 0.362. The average molecular weight is 278 g/mol. The predicted molar refractivity (Wildman–Crippen MR) is 81.5 cm³/mol. The number of hydrogen-bond acceptors (Lipinski definition) is 2. The molecule has 1 saturated heterocycles. The zero-order valence-electron chi connectivity index (χ0n) is 12.8. The maximum atomic E-state index is 12.0. The third-order valence-electron chi connectivity index (χ3n) is 5.77. The van der Waals surface area contributed by atoms with Crippen LogP contribution in [0.4, 0.5) is 0 Å². The van der Waals surface area contributed by atoms with Gasteiger partial charge in [0.25, 0.3) is 0 Å². The fourth-order valence-corrected chi connectivity index (χ4v) is 4.57. The summed E-state index contributed by atoms with van der Waals surface area (Å²) in [6, 6.07) is 0.681. The smallest absolute Gasteiger partial charge is 0.223 e. The van der Waals surface area contributed by atoms with Gasteiger partial charge in [-0.05, 0) is 43.9 Å². The Labute approximate surface area is 123 Å². The highest BCUT2D eigenvalue weighted by Crippen LogP contribution is 2.40. The average Bonchev–Trinajstić information content (AvgIpc) is 3.01. The summed E-state index contributed by atoms with van der Waals surface area (Å²) in [5.74, 6) is 2.36. The van der Waals surface area contributed by atoms with Gasteiger partial charge in [0.15, 0.2) is 0 Å². The van der Waals surface area contributed by atoms with Gasteiger partial charge in [-0.25, -0.2) is 0 Å². The van der Waals surface area contributed by atoms with E-state index < -0.39 is 0 Å². The van der Waals surface area contributed by atoms with Crippen LogP contribution in [0.2, 0.25) is 0 Å². The number of rotatable bonds is 4. The van der Waals surface area contributed by atoms with E-state index in [1.54, 1.807) is 0 Å². The second-order valence-corrected chi connectivity index (χ2v) is 7.11. The van der Waals surface area contributed by atoms with Crippen LogP contribution in [0.1, 0.15) is 64.2 Å². The molecule has 1 N–H and O–H groups in total. The lowest BCUT2D eigenvalue weighted by Crippen LogP contribution is -2.40. The van der Waals surface area contributed by atoms with Gasteiger partial charge in [0, 0.05) is 32.1 Å². The van der Waals surface area contributed by atoms with Crippen molar-refractivity contribution in [1.82, 2.24) is 10.2 Å². The first-order valence-electron chi connectivity index (χ1n) is 8.84. The van der Waals surface area contributed by atoms with Gasteiger partial charge in [-0.1, -0.05) is 25.7 Å². The Morgan fingerprint density at radius 2 is 1.70 bits per heavy atom. The van der Waals surface area contributed by atoms with Crippen molar-refractivity contribution in [2.45, 2.75) is 70.3 Å². The number of likely N-dealkylation sites (tertiary alicyclic amines) is 1. The summed E-state index contributed by atoms with van der Waals surface area (Å²) in [6.45, 7) is 2.87. The molecule has 1 heterocycles. The molecule has 3 aliphatic rings. The van der Waals surface area contributed by atoms with Crippen molar-refractivity contribution in [1.29, 1.82) is 0 Å². The molecule has 0 spiro atoms. The third-order valence-corrected chi connectivity index (χ3v) is 5.77. The topological polar surface area (TPSA) is 32.3 Å². The van der Waals surface area contributed by atoms with Crippen LogP contribution in [0, 0.1) is 11.8 Å². The van der Waals surface area contributed by atoms with Crippen LogP contribution in [0.3, 0.4) is 0 Å². The molecule has 0 bridgehead atoms. The first-order valence-corrected chi connectivity index (χ1v) is 8.84. The Kier molecular flexibility index (Phi) is 4.98. The Bertz CT molecular complexity index is 325. The van der Waals surface area contributed by atoms with Crippen molar-refractivity contribution in [3.8, 4) is 0 Å². The molecule has 0 radical (unpaired) electrons. The second-order valence-electron chi connectivity index (χ2n) is 7.11. The Morgan fingerprint density at radius 1 is 0.950 bits per heavy atom. The zero-order chi connectivity index (χ0) is 13.8. The normalized spacial score (nSPS) is 34.0. The summed E-state index contributed by atoms with van der Waals surface area (Å²) in [7, 11) is 0. The van der Waals surface area contributed by atoms with Crippen LogP contribution < -0.4 is 5.32 Å². The highest BCUT2D eigenvalue weighted by atomic mass is 16.2. The Hall–Kier alpha value is -0.570. The van der Waals surface area contributed by atoms with Gasteiger partial charge in [0.1, 0.15) is 0 Å². The molecule has 0 aromatic heterocycles. The standard InChI is InChI=1S/C17H30N2O/c20-17(19-11-3-4-12-19)9-10-18-16-8-7-14-5-1-2-6-15(14)13-16/h14-16,18H,1-13H2. The molecular weight excluding hydrogens is 248 g/mol. The van der Waals surface area contributed by atoms with Gasteiger partial charge in [0.05, 0.1) is 0 Å². The van der Waals surface area contributed by atoms with Gasteiger partial charge < -0.3 is 10.2 Å². The van der Waals surface area contributed by atoms with E-state index in [2.05, 4.69) is 5.32 Å². The number of nitrogens with zero attached hydrogens (tertiary/aromatic N) is 1. The van der Waals surface area contributed by atoms with E-state index in [-0.39, 0.29) is 0 Å². The molecule has 3 atom stereocenters. The van der Waals surface area contributed by atoms with Crippen molar-refractivity contribution in [2.24, 2.45) is 11.8 Å². The lowest BCUT2D eigenvalue weighted by molar-refractivity contribution is -0.130. The van der Waals surface area contributed by atoms with E-state index in [1.165, 1.54) is 57.8 Å². The number of nitrogens with one attached hydrogen (secondary N) is 1. The van der Waals surface area contributed by atoms with E-state index in [0.717, 1.165) is 31.5 Å². The number of fused-ring (bicyclic) bond motifs is 1. The summed E-state index contributed by atoms with van der Waals surface area (Å²) >= 11 is 0. The number of amides is 1. The molecule has 1 aliphatic heterocycles. The first kappa shape index (κ1) is 14.4. The predicted octanol–water partition coefficient (Wildman–Crippen LogP) is 2.95. The van der Waals surface area contributed by atoms with E-state index in [4.69, 9.17) is 0 Å². The quantitative estimate of drug-likeness (QED) is 0.857. The van der Waals surface area contributed by atoms with Gasteiger partial charge in [-0.3, -0.25) is 4.79 Å². The summed E-state index contributed by atoms with van der Waals surface area (Å²) in [6.07, 6.45) is 13.1. The van der Waals surface area contributed by atoms with Gasteiger partial charge in [-0.15, -0.1) is 0 Å². The van der Waals surface area contributed by atoms with Gasteiger partial charge in [0.2, 0.25) is 5.91 Å². The zero-order valence-corrected chi connectivity index (χ0v) is 12.8. The molecule has 0 aromatic carbocycles. The molecular formula is C17H30N2O. The fourth-order valence-electron chi connectivity index (χ4n) is 4.57. The summed E-state index contributed by atoms with van der Waals surface area (Å²) in [4.78, 5) is 14.0. The van der Waals surface area contributed by atoms with Crippen LogP contribution in [-0.4, -0.2) is 36.5 Å². The van der Waals surface area contributed by atoms with Crippen LogP contribution in [0.15, 0.2) is 0 Å². The van der Waals surface area contributed by atoms with E-state index >= 15 is 0 Å². The van der Waals surface area contributed by atoms with Gasteiger partial charge >= 0.3 is 0 Å². The lowest BCUT2D eigenvalue weighted by Gasteiger charge is -2.39. The van der Waals surface area contributed by atoms with Gasteiger partial charge in [-0.2, -0.15) is 0 Å². The molecule has 0 aromatic rings. The third kappa shape index (κ3) is 3.55. The van der Waals surface area contributed by atoms with Crippen molar-refractivity contribution >= 4 is 5.91 Å². The molecule has 3 unspecified atom stereocenters. The monoisotopic (exact) mass is 278 g/mol. The molecule has 114 valence electrons. The first-order chi connectivity index (χ1) is 9.83. The van der Waals surface area contributed by atoms with Crippen molar-refractivity contribution < 1.29 is 4.79 Å². The number of carbonyl (C=O) groups is 1. The molecule has 3 rings (SSSR count). The van der Waals surface area contributed by atoms with Crippen molar-refractivity contribution in [2.75, 3.05) is 19.6 Å². The second kappa shape index (κ2) is 6.93. The van der Waals surface area contributed by atoms with Crippen LogP contribution >= 0.6 is 0 Å². The molecule has 20 heavy (non-hydrogen) atoms. The summed E-state index contributed by atoms with van der Waals surface area (Å²) < 4.78 is 0. The Balaban J connectivity index is 1.35. The van der Waals surface area contributed by atoms with Crippen LogP contribution in [-0.2, 0) is 4.79 Å². The summed E-state index contributed by atoms with van der Waals surface area (Å²) in [5.41, 5.74) is 0. The van der Waals surface area contributed by atoms with Crippen LogP contribution in [0.5, 0.6) is 0 Å². The molecule has 2 aliphatic carbocycles. The van der Waals surface area contributed by atoms with E-state index in [0.29, 0.717) is 18.4 Å². The maximum Gasteiger partial charge on any atom is 0.223 e. The molecule has 3 nitrogen and oxygen atoms in total. The van der Waals surface area contributed by atoms with Crippen molar-refractivity contribution in [3.05, 3.63) is 0 Å². The Morgan fingerprint density at radius 3 is 2.50 bits per heavy atom. The number of carbonyl (C=O) groups excluding carboxylic acids is 1. The SMILES string of the molecule is O=C(CCNC1CCC2CCCCC2C1)N1CCCC1. The highest BCUT2D eigenvalue weighted by molar-refractivity contribution is 5.76.